The van der Waals surface area contributed by atoms with Crippen molar-refractivity contribution in [2.75, 3.05) is 26.7 Å². The van der Waals surface area contributed by atoms with Crippen LogP contribution in [0.25, 0.3) is 0 Å². The van der Waals surface area contributed by atoms with Crippen LogP contribution in [0.4, 0.5) is 4.79 Å². The Balaban J connectivity index is 1.97. The summed E-state index contributed by atoms with van der Waals surface area (Å²) in [5.74, 6) is -0.0513. The molecule has 3 amide bonds. The van der Waals surface area contributed by atoms with Crippen LogP contribution < -0.4 is 10.6 Å². The summed E-state index contributed by atoms with van der Waals surface area (Å²) in [4.78, 5) is 26.2. The topological polar surface area (TPSA) is 81.7 Å². The fraction of sp³-hybridized carbons (Fsp3) is 0.895. The van der Waals surface area contributed by atoms with E-state index in [4.69, 9.17) is 0 Å². The van der Waals surface area contributed by atoms with Crippen molar-refractivity contribution in [1.82, 2.24) is 15.5 Å². The molecule has 2 aliphatic carbocycles. The molecule has 2 saturated carbocycles. The highest BCUT2D eigenvalue weighted by molar-refractivity contribution is 5.78. The number of rotatable bonds is 8. The Hall–Kier alpha value is -1.30. The van der Waals surface area contributed by atoms with E-state index >= 15 is 0 Å². The molecule has 0 heterocycles. The van der Waals surface area contributed by atoms with Crippen molar-refractivity contribution >= 4 is 11.9 Å². The molecule has 25 heavy (non-hydrogen) atoms. The van der Waals surface area contributed by atoms with Crippen molar-refractivity contribution in [2.24, 2.45) is 5.41 Å². The lowest BCUT2D eigenvalue weighted by molar-refractivity contribution is -0.120. The first-order valence-electron chi connectivity index (χ1n) is 9.88. The third-order valence-corrected chi connectivity index (χ3v) is 6.22. The second-order valence-corrected chi connectivity index (χ2v) is 8.00. The molecule has 0 aliphatic heterocycles. The highest BCUT2D eigenvalue weighted by Crippen LogP contribution is 2.40. The van der Waals surface area contributed by atoms with E-state index < -0.39 is 5.60 Å². The summed E-state index contributed by atoms with van der Waals surface area (Å²) in [6, 6.07) is -0.150. The van der Waals surface area contributed by atoms with E-state index in [2.05, 4.69) is 17.6 Å². The maximum atomic E-state index is 12.7. The molecule has 3 N–H and O–H groups in total. The zero-order chi connectivity index (χ0) is 18.3. The van der Waals surface area contributed by atoms with Crippen molar-refractivity contribution in [3.63, 3.8) is 0 Å². The lowest BCUT2D eigenvalue weighted by Crippen LogP contribution is -2.53. The highest BCUT2D eigenvalue weighted by Gasteiger charge is 2.37. The van der Waals surface area contributed by atoms with Gasteiger partial charge in [0.05, 0.1) is 5.60 Å². The Morgan fingerprint density at radius 1 is 1.08 bits per heavy atom. The molecule has 0 atom stereocenters. The molecule has 6 nitrogen and oxygen atoms in total. The molecule has 0 radical (unpaired) electrons. The SMILES string of the molecule is CCC1(CN(CCC(=O)NC)C(=O)NCC2(O)CCC2)CCCCC1. The number of urea groups is 1. The molecule has 0 aromatic rings. The summed E-state index contributed by atoms with van der Waals surface area (Å²) in [5, 5.41) is 15.7. The summed E-state index contributed by atoms with van der Waals surface area (Å²) in [6.07, 6.45) is 9.92. The van der Waals surface area contributed by atoms with Crippen molar-refractivity contribution in [3.05, 3.63) is 0 Å². The molecule has 0 aromatic heterocycles. The van der Waals surface area contributed by atoms with Gasteiger partial charge in [0.15, 0.2) is 0 Å². The molecule has 2 rings (SSSR count). The van der Waals surface area contributed by atoms with Gasteiger partial charge in [-0.25, -0.2) is 4.79 Å². The normalized spacial score (nSPS) is 21.1. The lowest BCUT2D eigenvalue weighted by atomic mass is 9.72. The Bertz CT molecular complexity index is 457. The van der Waals surface area contributed by atoms with Crippen LogP contribution >= 0.6 is 0 Å². The van der Waals surface area contributed by atoms with Gasteiger partial charge in [0.1, 0.15) is 0 Å². The fourth-order valence-electron chi connectivity index (χ4n) is 4.06. The Morgan fingerprint density at radius 3 is 2.28 bits per heavy atom. The van der Waals surface area contributed by atoms with Crippen molar-refractivity contribution in [3.8, 4) is 0 Å². The zero-order valence-corrected chi connectivity index (χ0v) is 15.9. The van der Waals surface area contributed by atoms with Gasteiger partial charge < -0.3 is 20.6 Å². The van der Waals surface area contributed by atoms with Gasteiger partial charge in [-0.05, 0) is 43.9 Å². The number of nitrogens with one attached hydrogen (secondary N) is 2. The summed E-state index contributed by atoms with van der Waals surface area (Å²) < 4.78 is 0. The molecular weight excluding hydrogens is 318 g/mol. The number of amides is 3. The quantitative estimate of drug-likeness (QED) is 0.627. The molecule has 0 saturated heterocycles. The molecular formula is C19H35N3O3. The number of carbonyl (C=O) groups is 2. The number of nitrogens with zero attached hydrogens (tertiary/aromatic N) is 1. The standard InChI is InChI=1S/C19H35N3O3/c1-3-18(9-5-4-6-10-18)15-22(13-8-16(23)20-2)17(24)21-14-19(25)11-7-12-19/h25H,3-15H2,1-2H3,(H,20,23)(H,21,24). The third-order valence-electron chi connectivity index (χ3n) is 6.22. The van der Waals surface area contributed by atoms with Gasteiger partial charge in [0, 0.05) is 33.1 Å². The molecule has 0 spiro atoms. The van der Waals surface area contributed by atoms with Crippen LogP contribution in [0.2, 0.25) is 0 Å². The van der Waals surface area contributed by atoms with Gasteiger partial charge in [0.2, 0.25) is 5.91 Å². The molecule has 0 aromatic carbocycles. The summed E-state index contributed by atoms with van der Waals surface area (Å²) in [6.45, 7) is 3.63. The van der Waals surface area contributed by atoms with Gasteiger partial charge in [0.25, 0.3) is 0 Å². The van der Waals surface area contributed by atoms with Crippen LogP contribution in [0.3, 0.4) is 0 Å². The predicted molar refractivity (Wildman–Crippen MR) is 98.3 cm³/mol. The summed E-state index contributed by atoms with van der Waals surface area (Å²) in [5.41, 5.74) is -0.555. The third kappa shape index (κ3) is 5.59. The minimum Gasteiger partial charge on any atom is -0.388 e. The van der Waals surface area contributed by atoms with E-state index in [-0.39, 0.29) is 17.4 Å². The van der Waals surface area contributed by atoms with Crippen LogP contribution in [0.1, 0.15) is 71.1 Å². The average Bonchev–Trinajstić information content (AvgIpc) is 2.61. The largest absolute Gasteiger partial charge is 0.388 e. The van der Waals surface area contributed by atoms with Crippen molar-refractivity contribution in [2.45, 2.75) is 76.7 Å². The molecule has 2 aliphatic rings. The average molecular weight is 354 g/mol. The van der Waals surface area contributed by atoms with Crippen LogP contribution in [0, 0.1) is 5.41 Å². The highest BCUT2D eigenvalue weighted by atomic mass is 16.3. The minimum absolute atomic E-state index is 0.0513. The van der Waals surface area contributed by atoms with Crippen LogP contribution in [-0.2, 0) is 4.79 Å². The molecule has 2 fully saturated rings. The first-order chi connectivity index (χ1) is 11.9. The van der Waals surface area contributed by atoms with Crippen molar-refractivity contribution in [1.29, 1.82) is 0 Å². The monoisotopic (exact) mass is 353 g/mol. The van der Waals surface area contributed by atoms with E-state index in [0.717, 1.165) is 38.5 Å². The molecule has 144 valence electrons. The van der Waals surface area contributed by atoms with Crippen LogP contribution in [0.15, 0.2) is 0 Å². The molecule has 0 unspecified atom stereocenters. The van der Waals surface area contributed by atoms with Crippen LogP contribution in [0.5, 0.6) is 0 Å². The Morgan fingerprint density at radius 2 is 1.76 bits per heavy atom. The first kappa shape index (κ1) is 20.0. The van der Waals surface area contributed by atoms with Crippen LogP contribution in [-0.4, -0.2) is 54.2 Å². The van der Waals surface area contributed by atoms with Gasteiger partial charge in [-0.2, -0.15) is 0 Å². The Kier molecular flexibility index (Phi) is 7.11. The van der Waals surface area contributed by atoms with Crippen molar-refractivity contribution < 1.29 is 14.7 Å². The van der Waals surface area contributed by atoms with Gasteiger partial charge >= 0.3 is 6.03 Å². The van der Waals surface area contributed by atoms with E-state index in [1.54, 1.807) is 11.9 Å². The summed E-state index contributed by atoms with van der Waals surface area (Å²) >= 11 is 0. The zero-order valence-electron chi connectivity index (χ0n) is 15.9. The number of aliphatic hydroxyl groups is 1. The second kappa shape index (κ2) is 8.88. The summed E-state index contributed by atoms with van der Waals surface area (Å²) in [7, 11) is 1.62. The number of hydrogen-bond donors (Lipinski definition) is 3. The minimum atomic E-state index is -0.727. The fourth-order valence-corrected chi connectivity index (χ4v) is 4.06. The van der Waals surface area contributed by atoms with E-state index in [1.807, 2.05) is 0 Å². The number of hydrogen-bond acceptors (Lipinski definition) is 3. The second-order valence-electron chi connectivity index (χ2n) is 8.00. The smallest absolute Gasteiger partial charge is 0.317 e. The van der Waals surface area contributed by atoms with Gasteiger partial charge in [-0.1, -0.05) is 26.2 Å². The number of carbonyl (C=O) groups excluding carboxylic acids is 2. The molecule has 0 bridgehead atoms. The maximum Gasteiger partial charge on any atom is 0.317 e. The Labute approximate surface area is 151 Å². The first-order valence-corrected chi connectivity index (χ1v) is 9.88. The van der Waals surface area contributed by atoms with E-state index in [0.29, 0.717) is 26.1 Å². The lowest BCUT2D eigenvalue weighted by Gasteiger charge is -2.41. The van der Waals surface area contributed by atoms with E-state index in [9.17, 15) is 14.7 Å². The predicted octanol–water partition coefficient (Wildman–Crippen LogP) is 2.41. The maximum absolute atomic E-state index is 12.7. The molecule has 6 heteroatoms. The van der Waals surface area contributed by atoms with Gasteiger partial charge in [-0.3, -0.25) is 4.79 Å². The van der Waals surface area contributed by atoms with E-state index in [1.165, 1.54) is 19.3 Å². The van der Waals surface area contributed by atoms with Gasteiger partial charge in [-0.15, -0.1) is 0 Å².